The maximum Gasteiger partial charge on any atom is 0.308 e. The van der Waals surface area contributed by atoms with Crippen LogP contribution in [0.15, 0.2) is 48.6 Å². The van der Waals surface area contributed by atoms with Gasteiger partial charge in [0.05, 0.1) is 0 Å². The zero-order valence-corrected chi connectivity index (χ0v) is 16.0. The van der Waals surface area contributed by atoms with Crippen LogP contribution in [0.25, 0.3) is 11.1 Å². The molecule has 144 valence electrons. The first-order valence-electron chi connectivity index (χ1n) is 9.25. The minimum atomic E-state index is -0.448. The smallest absolute Gasteiger partial charge is 0.308 e. The van der Waals surface area contributed by atoms with Gasteiger partial charge in [-0.2, -0.15) is 0 Å². The lowest BCUT2D eigenvalue weighted by Crippen LogP contribution is -2.06. The van der Waals surface area contributed by atoms with E-state index in [1.807, 2.05) is 24.3 Å². The molecule has 2 aromatic rings. The zero-order chi connectivity index (χ0) is 20.1. The van der Waals surface area contributed by atoms with E-state index in [4.69, 9.17) is 9.47 Å². The highest BCUT2D eigenvalue weighted by Crippen LogP contribution is 2.38. The van der Waals surface area contributed by atoms with Crippen LogP contribution >= 0.6 is 0 Å². The van der Waals surface area contributed by atoms with Crippen molar-refractivity contribution < 1.29 is 23.9 Å². The molecule has 1 aliphatic carbocycles. The monoisotopic (exact) mass is 378 g/mol. The molecule has 3 rings (SSSR count). The highest BCUT2D eigenvalue weighted by molar-refractivity contribution is 5.92. The molecule has 28 heavy (non-hydrogen) atoms. The number of carbonyl (C=O) groups is 3. The molecule has 0 heterocycles. The summed E-state index contributed by atoms with van der Waals surface area (Å²) in [5.41, 5.74) is 3.13. The number of ether oxygens (including phenoxy) is 2. The first-order chi connectivity index (χ1) is 13.4. The van der Waals surface area contributed by atoms with Crippen LogP contribution < -0.4 is 9.47 Å². The average Bonchev–Trinajstić information content (AvgIpc) is 2.63. The minimum Gasteiger partial charge on any atom is -0.426 e. The van der Waals surface area contributed by atoms with Crippen LogP contribution in [0.2, 0.25) is 0 Å². The number of rotatable bonds is 2. The number of ketones is 1. The SMILES string of the molecule is CC(=O)Oc1ccc2cc1-c1cc(ccc1OC(C)=O)CC(=O)C=CCCC2. The maximum atomic E-state index is 12.2. The van der Waals surface area contributed by atoms with Crippen molar-refractivity contribution in [1.82, 2.24) is 0 Å². The van der Waals surface area contributed by atoms with Gasteiger partial charge in [0.25, 0.3) is 0 Å². The van der Waals surface area contributed by atoms with Gasteiger partial charge in [-0.3, -0.25) is 14.4 Å². The van der Waals surface area contributed by atoms with Crippen molar-refractivity contribution in [2.24, 2.45) is 0 Å². The number of carbonyl (C=O) groups excluding carboxylic acids is 3. The van der Waals surface area contributed by atoms with Gasteiger partial charge >= 0.3 is 11.9 Å². The summed E-state index contributed by atoms with van der Waals surface area (Å²) < 4.78 is 10.8. The highest BCUT2D eigenvalue weighted by atomic mass is 16.5. The van der Waals surface area contributed by atoms with Crippen LogP contribution in [-0.4, -0.2) is 17.7 Å². The Balaban J connectivity index is 2.20. The van der Waals surface area contributed by atoms with Crippen molar-refractivity contribution in [3.8, 4) is 22.6 Å². The lowest BCUT2D eigenvalue weighted by atomic mass is 9.96. The molecule has 0 saturated carbocycles. The van der Waals surface area contributed by atoms with Gasteiger partial charge in [-0.15, -0.1) is 0 Å². The molecule has 0 radical (unpaired) electrons. The van der Waals surface area contributed by atoms with E-state index >= 15 is 0 Å². The molecule has 0 unspecified atom stereocenters. The number of benzene rings is 2. The second-order valence-corrected chi connectivity index (χ2v) is 6.79. The number of fused-ring (bicyclic) bond motifs is 5. The summed E-state index contributed by atoms with van der Waals surface area (Å²) in [6.45, 7) is 2.67. The van der Waals surface area contributed by atoms with Gasteiger partial charge in [0.2, 0.25) is 0 Å². The Morgan fingerprint density at radius 1 is 0.857 bits per heavy atom. The standard InChI is InChI=1S/C23H22O5/c1-15(24)27-22-10-8-17-6-4-3-5-7-19(26)12-18-9-11-23(28-16(2)25)21(14-18)20(22)13-17/h5,7-11,13-14H,3-4,6,12H2,1-2H3. The van der Waals surface area contributed by atoms with E-state index in [0.717, 1.165) is 30.4 Å². The van der Waals surface area contributed by atoms with E-state index in [-0.39, 0.29) is 12.2 Å². The Morgan fingerprint density at radius 3 is 2.04 bits per heavy atom. The van der Waals surface area contributed by atoms with Crippen LogP contribution in [0, 0.1) is 0 Å². The van der Waals surface area contributed by atoms with Crippen molar-refractivity contribution in [2.75, 3.05) is 0 Å². The predicted molar refractivity (Wildman–Crippen MR) is 105 cm³/mol. The van der Waals surface area contributed by atoms with E-state index in [2.05, 4.69) is 0 Å². The first-order valence-corrected chi connectivity index (χ1v) is 9.25. The number of esters is 2. The van der Waals surface area contributed by atoms with Crippen LogP contribution in [0.4, 0.5) is 0 Å². The Kier molecular flexibility index (Phi) is 6.04. The second-order valence-electron chi connectivity index (χ2n) is 6.79. The summed E-state index contributed by atoms with van der Waals surface area (Å²) in [6.07, 6.45) is 6.29. The predicted octanol–water partition coefficient (Wildman–Crippen LogP) is 4.21. The number of aryl methyl sites for hydroxylation is 1. The summed E-state index contributed by atoms with van der Waals surface area (Å²) in [7, 11) is 0. The van der Waals surface area contributed by atoms with Gasteiger partial charge in [-0.1, -0.05) is 18.2 Å². The van der Waals surface area contributed by atoms with Crippen molar-refractivity contribution in [3.05, 3.63) is 59.7 Å². The normalized spacial score (nSPS) is 13.7. The summed E-state index contributed by atoms with van der Waals surface area (Å²) >= 11 is 0. The fourth-order valence-electron chi connectivity index (χ4n) is 3.23. The lowest BCUT2D eigenvalue weighted by molar-refractivity contribution is -0.132. The van der Waals surface area contributed by atoms with E-state index < -0.39 is 11.9 Å². The highest BCUT2D eigenvalue weighted by Gasteiger charge is 2.17. The van der Waals surface area contributed by atoms with Gasteiger partial charge in [0, 0.05) is 31.4 Å². The molecule has 0 aliphatic heterocycles. The fourth-order valence-corrected chi connectivity index (χ4v) is 3.23. The second kappa shape index (κ2) is 8.65. The van der Waals surface area contributed by atoms with Gasteiger partial charge < -0.3 is 9.47 Å². The van der Waals surface area contributed by atoms with Gasteiger partial charge in [0.1, 0.15) is 11.5 Å². The van der Waals surface area contributed by atoms with E-state index in [9.17, 15) is 14.4 Å². The van der Waals surface area contributed by atoms with Crippen LogP contribution in [-0.2, 0) is 27.2 Å². The van der Waals surface area contributed by atoms with Crippen LogP contribution in [0.3, 0.4) is 0 Å². The minimum absolute atomic E-state index is 0.0114. The van der Waals surface area contributed by atoms with Gasteiger partial charge in [-0.25, -0.2) is 0 Å². The summed E-state index contributed by atoms with van der Waals surface area (Å²) in [6, 6.07) is 10.9. The van der Waals surface area contributed by atoms with Crippen LogP contribution in [0.1, 0.15) is 37.8 Å². The third-order valence-electron chi connectivity index (χ3n) is 4.40. The molecule has 0 atom stereocenters. The molecule has 0 amide bonds. The van der Waals surface area contributed by atoms with E-state index in [1.54, 1.807) is 24.3 Å². The van der Waals surface area contributed by atoms with Crippen molar-refractivity contribution >= 4 is 17.7 Å². The average molecular weight is 378 g/mol. The molecule has 5 nitrogen and oxygen atoms in total. The van der Waals surface area contributed by atoms with Gasteiger partial charge in [0.15, 0.2) is 5.78 Å². The molecular weight excluding hydrogens is 356 g/mol. The molecule has 0 N–H and O–H groups in total. The summed E-state index contributed by atoms with van der Waals surface area (Å²) in [5.74, 6) is -0.120. The molecule has 5 heteroatoms. The molecule has 0 spiro atoms. The molecule has 4 bridgehead atoms. The Hall–Kier alpha value is -3.21. The van der Waals surface area contributed by atoms with Crippen molar-refractivity contribution in [3.63, 3.8) is 0 Å². The fraction of sp³-hybridized carbons (Fsp3) is 0.261. The Bertz CT molecular complexity index is 955. The number of hydrogen-bond donors (Lipinski definition) is 0. The topological polar surface area (TPSA) is 69.7 Å². The molecule has 2 aromatic carbocycles. The molecule has 0 fully saturated rings. The Morgan fingerprint density at radius 2 is 1.43 bits per heavy atom. The van der Waals surface area contributed by atoms with E-state index in [1.165, 1.54) is 13.8 Å². The molecular formula is C23H22O5. The van der Waals surface area contributed by atoms with Gasteiger partial charge in [-0.05, 0) is 60.7 Å². The lowest BCUT2D eigenvalue weighted by Gasteiger charge is -2.15. The summed E-state index contributed by atoms with van der Waals surface area (Å²) in [4.78, 5) is 35.4. The molecule has 0 aromatic heterocycles. The van der Waals surface area contributed by atoms with Crippen molar-refractivity contribution in [2.45, 2.75) is 39.5 Å². The molecule has 0 saturated heterocycles. The van der Waals surface area contributed by atoms with E-state index in [0.29, 0.717) is 22.6 Å². The third-order valence-corrected chi connectivity index (χ3v) is 4.40. The maximum absolute atomic E-state index is 12.2. The summed E-state index contributed by atoms with van der Waals surface area (Å²) in [5, 5.41) is 0. The zero-order valence-electron chi connectivity index (χ0n) is 16.0. The quantitative estimate of drug-likeness (QED) is 0.578. The Labute approximate surface area is 164 Å². The molecule has 1 aliphatic rings. The van der Waals surface area contributed by atoms with Crippen LogP contribution in [0.5, 0.6) is 11.5 Å². The largest absolute Gasteiger partial charge is 0.426 e. The third kappa shape index (κ3) is 4.94. The first kappa shape index (κ1) is 19.5. The number of hydrogen-bond acceptors (Lipinski definition) is 5. The number of allylic oxidation sites excluding steroid dienone is 2. The van der Waals surface area contributed by atoms with Crippen molar-refractivity contribution in [1.29, 1.82) is 0 Å².